The molecule has 35 heavy (non-hydrogen) atoms. The third-order valence-corrected chi connectivity index (χ3v) is 6.42. The molecule has 0 bridgehead atoms. The van der Waals surface area contributed by atoms with Crippen LogP contribution in [0.2, 0.25) is 0 Å². The van der Waals surface area contributed by atoms with Gasteiger partial charge in [0.15, 0.2) is 0 Å². The van der Waals surface area contributed by atoms with Gasteiger partial charge >= 0.3 is 12.0 Å². The smallest absolute Gasteiger partial charge is 0.338 e. The van der Waals surface area contributed by atoms with Gasteiger partial charge < -0.3 is 19.5 Å². The van der Waals surface area contributed by atoms with E-state index in [9.17, 15) is 14.0 Å². The molecule has 0 aliphatic heterocycles. The zero-order valence-corrected chi connectivity index (χ0v) is 20.1. The first-order chi connectivity index (χ1) is 17.0. The van der Waals surface area contributed by atoms with Gasteiger partial charge in [0.2, 0.25) is 0 Å². The summed E-state index contributed by atoms with van der Waals surface area (Å²) in [5.74, 6) is -0.637. The number of carbonyl (C=O) groups excluding carboxylic acids is 2. The number of hydrogen-bond acceptors (Lipinski definition) is 3. The lowest BCUT2D eigenvalue weighted by Gasteiger charge is -2.34. The van der Waals surface area contributed by atoms with Crippen LogP contribution in [0.25, 0.3) is 0 Å². The fourth-order valence-electron chi connectivity index (χ4n) is 4.61. The Balaban J connectivity index is 1.50. The van der Waals surface area contributed by atoms with Crippen molar-refractivity contribution >= 4 is 17.7 Å². The molecule has 7 heteroatoms. The summed E-state index contributed by atoms with van der Waals surface area (Å²) in [7, 11) is 0. The number of urea groups is 1. The Morgan fingerprint density at radius 3 is 2.54 bits per heavy atom. The maximum absolute atomic E-state index is 13.7. The molecule has 0 radical (unpaired) electrons. The number of amides is 2. The topological polar surface area (TPSA) is 63.6 Å². The molecule has 1 aromatic heterocycles. The van der Waals surface area contributed by atoms with Crippen molar-refractivity contribution in [1.82, 2.24) is 9.47 Å². The molecule has 2 amide bonds. The Morgan fingerprint density at radius 2 is 1.83 bits per heavy atom. The lowest BCUT2D eigenvalue weighted by atomic mass is 9.94. The molecule has 4 rings (SSSR count). The average molecular weight is 478 g/mol. The highest BCUT2D eigenvalue weighted by Crippen LogP contribution is 2.25. The van der Waals surface area contributed by atoms with Crippen molar-refractivity contribution in [2.75, 3.05) is 11.9 Å². The van der Waals surface area contributed by atoms with Gasteiger partial charge in [-0.15, -0.1) is 0 Å². The number of anilines is 1. The van der Waals surface area contributed by atoms with Gasteiger partial charge in [0.25, 0.3) is 0 Å². The number of carbonyl (C=O) groups is 2. The molecule has 184 valence electrons. The molecular weight excluding hydrogens is 445 g/mol. The summed E-state index contributed by atoms with van der Waals surface area (Å²) >= 11 is 0. The summed E-state index contributed by atoms with van der Waals surface area (Å²) in [5, 5.41) is 3.00. The van der Waals surface area contributed by atoms with Crippen molar-refractivity contribution < 1.29 is 18.7 Å². The first-order valence-electron chi connectivity index (χ1n) is 12.3. The molecule has 6 nitrogen and oxygen atoms in total. The molecule has 0 spiro atoms. The van der Waals surface area contributed by atoms with Crippen molar-refractivity contribution in [3.8, 4) is 0 Å². The molecule has 3 aromatic rings. The standard InChI is InChI=1S/C28H32FN3O3/c1-2-35-27(33)22-13-15-24(16-14-22)30-28(34)32(25-10-4-3-5-11-25)20-26-12-7-17-31(26)19-21-8-6-9-23(29)18-21/h6-9,12-18,25H,2-5,10-11,19-20H2,1H3,(H,30,34). The van der Waals surface area contributed by atoms with E-state index in [1.54, 1.807) is 37.3 Å². The van der Waals surface area contributed by atoms with Crippen LogP contribution in [0, 0.1) is 5.82 Å². The lowest BCUT2D eigenvalue weighted by molar-refractivity contribution is 0.0526. The van der Waals surface area contributed by atoms with Crippen LogP contribution >= 0.6 is 0 Å². The van der Waals surface area contributed by atoms with Gasteiger partial charge in [-0.05, 0) is 73.9 Å². The number of ether oxygens (including phenoxy) is 1. The van der Waals surface area contributed by atoms with Crippen molar-refractivity contribution in [1.29, 1.82) is 0 Å². The molecule has 0 saturated heterocycles. The highest BCUT2D eigenvalue weighted by molar-refractivity contribution is 5.92. The SMILES string of the molecule is CCOC(=O)c1ccc(NC(=O)N(Cc2cccn2Cc2cccc(F)c2)C2CCCCC2)cc1. The van der Waals surface area contributed by atoms with Crippen molar-refractivity contribution in [2.24, 2.45) is 0 Å². The summed E-state index contributed by atoms with van der Waals surface area (Å²) in [6.07, 6.45) is 7.31. The Kier molecular flexibility index (Phi) is 8.19. The van der Waals surface area contributed by atoms with E-state index in [4.69, 9.17) is 4.74 Å². The quantitative estimate of drug-likeness (QED) is 0.392. The Labute approximate surface area is 205 Å². The van der Waals surface area contributed by atoms with Gasteiger partial charge in [0.1, 0.15) is 5.82 Å². The van der Waals surface area contributed by atoms with Gasteiger partial charge in [0, 0.05) is 30.2 Å². The van der Waals surface area contributed by atoms with E-state index < -0.39 is 0 Å². The minimum Gasteiger partial charge on any atom is -0.462 e. The summed E-state index contributed by atoms with van der Waals surface area (Å²) < 4.78 is 20.8. The third-order valence-electron chi connectivity index (χ3n) is 6.42. The normalized spacial score (nSPS) is 13.9. The number of rotatable bonds is 8. The summed E-state index contributed by atoms with van der Waals surface area (Å²) in [6.45, 7) is 3.07. The van der Waals surface area contributed by atoms with Crippen LogP contribution in [-0.4, -0.2) is 34.1 Å². The highest BCUT2D eigenvalue weighted by Gasteiger charge is 2.26. The summed E-state index contributed by atoms with van der Waals surface area (Å²) in [4.78, 5) is 27.3. The number of nitrogens with one attached hydrogen (secondary N) is 1. The third kappa shape index (κ3) is 6.50. The summed E-state index contributed by atoms with van der Waals surface area (Å²) in [6, 6.07) is 17.3. The van der Waals surface area contributed by atoms with E-state index in [2.05, 4.69) is 9.88 Å². The molecule has 1 saturated carbocycles. The largest absolute Gasteiger partial charge is 0.462 e. The fraction of sp³-hybridized carbons (Fsp3) is 0.357. The second-order valence-corrected chi connectivity index (χ2v) is 8.91. The number of esters is 1. The fourth-order valence-corrected chi connectivity index (χ4v) is 4.61. The predicted octanol–water partition coefficient (Wildman–Crippen LogP) is 6.22. The zero-order chi connectivity index (χ0) is 24.6. The van der Waals surface area contributed by atoms with E-state index >= 15 is 0 Å². The minimum atomic E-state index is -0.381. The average Bonchev–Trinajstić information content (AvgIpc) is 3.30. The molecule has 0 unspecified atom stereocenters. The number of hydrogen-bond donors (Lipinski definition) is 1. The van der Waals surface area contributed by atoms with Crippen LogP contribution in [0.4, 0.5) is 14.9 Å². The molecule has 1 aliphatic rings. The van der Waals surface area contributed by atoms with E-state index in [-0.39, 0.29) is 23.9 Å². The van der Waals surface area contributed by atoms with E-state index in [0.29, 0.717) is 30.9 Å². The van der Waals surface area contributed by atoms with Gasteiger partial charge in [-0.25, -0.2) is 14.0 Å². The molecule has 0 atom stereocenters. The second kappa shape index (κ2) is 11.7. The van der Waals surface area contributed by atoms with Crippen LogP contribution in [0.1, 0.15) is 60.6 Å². The van der Waals surface area contributed by atoms with Gasteiger partial charge in [-0.1, -0.05) is 31.4 Å². The molecule has 1 heterocycles. The Hall–Kier alpha value is -3.61. The molecular formula is C28H32FN3O3. The van der Waals surface area contributed by atoms with Crippen molar-refractivity contribution in [2.45, 2.75) is 58.2 Å². The van der Waals surface area contributed by atoms with Crippen LogP contribution in [0.3, 0.4) is 0 Å². The van der Waals surface area contributed by atoms with Crippen LogP contribution in [0.15, 0.2) is 66.9 Å². The number of benzene rings is 2. The summed E-state index contributed by atoms with van der Waals surface area (Å²) in [5.41, 5.74) is 2.94. The van der Waals surface area contributed by atoms with Crippen LogP contribution < -0.4 is 5.32 Å². The number of halogens is 1. The molecule has 1 N–H and O–H groups in total. The van der Waals surface area contributed by atoms with Crippen LogP contribution in [0.5, 0.6) is 0 Å². The van der Waals surface area contributed by atoms with Gasteiger partial charge in [-0.3, -0.25) is 0 Å². The van der Waals surface area contributed by atoms with Crippen LogP contribution in [-0.2, 0) is 17.8 Å². The molecule has 1 fully saturated rings. The maximum Gasteiger partial charge on any atom is 0.338 e. The Bertz CT molecular complexity index is 1140. The number of nitrogens with zero attached hydrogens (tertiary/aromatic N) is 2. The first-order valence-corrected chi connectivity index (χ1v) is 12.3. The predicted molar refractivity (Wildman–Crippen MR) is 134 cm³/mol. The lowest BCUT2D eigenvalue weighted by Crippen LogP contribution is -2.43. The van der Waals surface area contributed by atoms with E-state index in [1.165, 1.54) is 18.6 Å². The highest BCUT2D eigenvalue weighted by atomic mass is 19.1. The maximum atomic E-state index is 13.7. The monoisotopic (exact) mass is 477 g/mol. The van der Waals surface area contributed by atoms with Gasteiger partial charge in [0.05, 0.1) is 18.7 Å². The van der Waals surface area contributed by atoms with E-state index in [0.717, 1.165) is 36.9 Å². The van der Waals surface area contributed by atoms with E-state index in [1.807, 2.05) is 29.3 Å². The Morgan fingerprint density at radius 1 is 1.06 bits per heavy atom. The molecule has 1 aliphatic carbocycles. The zero-order valence-electron chi connectivity index (χ0n) is 20.1. The second-order valence-electron chi connectivity index (χ2n) is 8.91. The number of aromatic nitrogens is 1. The minimum absolute atomic E-state index is 0.153. The van der Waals surface area contributed by atoms with Crippen molar-refractivity contribution in [3.05, 3.63) is 89.5 Å². The van der Waals surface area contributed by atoms with Crippen molar-refractivity contribution in [3.63, 3.8) is 0 Å². The molecule has 2 aromatic carbocycles. The van der Waals surface area contributed by atoms with Gasteiger partial charge in [-0.2, -0.15) is 0 Å². The first kappa shape index (κ1) is 24.5.